The quantitative estimate of drug-likeness (QED) is 0.118. The molecule has 0 fully saturated rings. The van der Waals surface area contributed by atoms with Gasteiger partial charge in [-0.15, -0.1) is 11.1 Å². The van der Waals surface area contributed by atoms with E-state index in [1.54, 1.807) is 7.11 Å². The molecule has 0 aliphatic rings. The summed E-state index contributed by atoms with van der Waals surface area (Å²) < 4.78 is 10.2. The SMILES string of the molecule is COc1c(-c2ccccc2)cc(C)cc1-c1cc(C)c(-c2ccc3c(c2)c2ccnn2c2[c-]ccc(-c4ccc(C)cc4C)c32)c(C)c1.Cc1ccc(-c2cc[c-]c3c2c2ccc(-c4c(C)cc(C)cc4C)cc2c2ccnn32)c(C)c1.[Ir]. The zero-order valence-corrected chi connectivity index (χ0v) is 51.3. The van der Waals surface area contributed by atoms with Crippen molar-refractivity contribution in [2.24, 2.45) is 0 Å². The average Bonchev–Trinajstić information content (AvgIpc) is 2.88. The van der Waals surface area contributed by atoms with Gasteiger partial charge in [-0.05, 0) is 211 Å². The van der Waals surface area contributed by atoms with Crippen molar-refractivity contribution in [1.29, 1.82) is 0 Å². The van der Waals surface area contributed by atoms with Crippen molar-refractivity contribution in [3.8, 4) is 72.5 Å². The summed E-state index contributed by atoms with van der Waals surface area (Å²) in [5.41, 5.74) is 31.3. The van der Waals surface area contributed by atoms with Crippen molar-refractivity contribution in [3.05, 3.63) is 256 Å². The van der Waals surface area contributed by atoms with Gasteiger partial charge in [0.25, 0.3) is 0 Å². The van der Waals surface area contributed by atoms with Crippen LogP contribution in [0.3, 0.4) is 0 Å². The van der Waals surface area contributed by atoms with E-state index in [2.05, 4.69) is 239 Å². The minimum absolute atomic E-state index is 0. The molecule has 5 nitrogen and oxygen atoms in total. The summed E-state index contributed by atoms with van der Waals surface area (Å²) in [6.07, 6.45) is 3.78. The van der Waals surface area contributed by atoms with Crippen LogP contribution >= 0.6 is 0 Å². The Kier molecular flexibility index (Phi) is 14.3. The van der Waals surface area contributed by atoms with Crippen LogP contribution in [0.5, 0.6) is 5.75 Å². The zero-order chi connectivity index (χ0) is 56.7. The smallest absolute Gasteiger partial charge is 0.134 e. The molecule has 0 aliphatic heterocycles. The Balaban J connectivity index is 0.000000171. The van der Waals surface area contributed by atoms with Crippen molar-refractivity contribution in [3.63, 3.8) is 0 Å². The van der Waals surface area contributed by atoms with Crippen LogP contribution in [-0.4, -0.2) is 26.3 Å². The molecule has 409 valence electrons. The predicted molar refractivity (Wildman–Crippen MR) is 345 cm³/mol. The third-order valence-electron chi connectivity index (χ3n) is 16.8. The standard InChI is InChI=1S/C45H37N2O.C32H27N2.Ir/c1-27-15-17-35(29(3)21-27)36-13-10-14-42-44(36)37-18-16-33(26-40(37)41-19-20-46-47(41)42)43-30(4)24-34(25-31(43)5)39-23-28(2)22-38(45(39)48-6)32-11-8-7-9-12-32;1-19-9-11-25(21(3)15-19)26-7-6-8-30-32(26)27-12-10-24(18-28(27)29-13-14-33-34(29)30)31-22(4)16-20(2)17-23(31)5;/h7-13,15-26H,1-6H3;6-7,9-18H,1-5H3;/q2*-1;. The Hall–Kier alpha value is -8.93. The molecular weight excluding hydrogens is 1190 g/mol. The first kappa shape index (κ1) is 54.6. The fourth-order valence-electron chi connectivity index (χ4n) is 13.4. The fourth-order valence-corrected chi connectivity index (χ4v) is 13.4. The molecule has 1 radical (unpaired) electrons. The van der Waals surface area contributed by atoms with Crippen LogP contribution < -0.4 is 4.74 Å². The minimum atomic E-state index is 0. The Bertz CT molecular complexity index is 4860. The molecular formula is C77H64IrN4O-2. The molecule has 6 heteroatoms. The summed E-state index contributed by atoms with van der Waals surface area (Å²) in [4.78, 5) is 0. The first-order chi connectivity index (χ1) is 39.7. The number of fused-ring (bicyclic) bond motifs is 12. The zero-order valence-electron chi connectivity index (χ0n) is 48.9. The Morgan fingerprint density at radius 1 is 0.349 bits per heavy atom. The number of rotatable bonds is 7. The van der Waals surface area contributed by atoms with Crippen LogP contribution in [0.1, 0.15) is 55.6 Å². The summed E-state index contributed by atoms with van der Waals surface area (Å²) in [5.74, 6) is 0.899. The summed E-state index contributed by atoms with van der Waals surface area (Å²) in [5, 5.41) is 16.7. The van der Waals surface area contributed by atoms with Crippen molar-refractivity contribution >= 4 is 54.4 Å². The topological polar surface area (TPSA) is 43.8 Å². The minimum Gasteiger partial charge on any atom is -0.495 e. The van der Waals surface area contributed by atoms with Gasteiger partial charge in [0.05, 0.1) is 18.1 Å². The van der Waals surface area contributed by atoms with Crippen LogP contribution in [0, 0.1) is 81.4 Å². The number of benzene rings is 10. The number of methoxy groups -OCH3 is 1. The maximum absolute atomic E-state index is 6.10. The summed E-state index contributed by atoms with van der Waals surface area (Å²) >= 11 is 0. The number of hydrogen-bond acceptors (Lipinski definition) is 3. The maximum Gasteiger partial charge on any atom is 0.134 e. The van der Waals surface area contributed by atoms with Gasteiger partial charge >= 0.3 is 0 Å². The van der Waals surface area contributed by atoms with E-state index in [4.69, 9.17) is 14.9 Å². The van der Waals surface area contributed by atoms with Gasteiger partial charge in [-0.2, -0.15) is 46.6 Å². The monoisotopic (exact) mass is 1250 g/mol. The first-order valence-electron chi connectivity index (χ1n) is 28.3. The fraction of sp³-hybridized carbons (Fsp3) is 0.143. The normalized spacial score (nSPS) is 11.5. The summed E-state index contributed by atoms with van der Waals surface area (Å²) in [7, 11) is 1.77. The number of nitrogens with zero attached hydrogens (tertiary/aromatic N) is 4. The number of ether oxygens (including phenoxy) is 1. The Labute approximate surface area is 500 Å². The molecule has 0 saturated heterocycles. The van der Waals surface area contributed by atoms with Crippen molar-refractivity contribution in [1.82, 2.24) is 19.2 Å². The molecule has 4 aromatic heterocycles. The van der Waals surface area contributed by atoms with E-state index in [9.17, 15) is 0 Å². The third-order valence-corrected chi connectivity index (χ3v) is 16.8. The molecule has 0 saturated carbocycles. The van der Waals surface area contributed by atoms with Crippen LogP contribution in [0.2, 0.25) is 0 Å². The van der Waals surface area contributed by atoms with Gasteiger partial charge < -0.3 is 4.74 Å². The molecule has 0 spiro atoms. The van der Waals surface area contributed by atoms with E-state index in [1.165, 1.54) is 132 Å². The van der Waals surface area contributed by atoms with Crippen LogP contribution in [0.25, 0.3) is 121 Å². The first-order valence-corrected chi connectivity index (χ1v) is 28.3. The van der Waals surface area contributed by atoms with Gasteiger partial charge in [-0.1, -0.05) is 153 Å². The van der Waals surface area contributed by atoms with E-state index in [-0.39, 0.29) is 20.1 Å². The van der Waals surface area contributed by atoms with Crippen LogP contribution in [-0.2, 0) is 20.1 Å². The van der Waals surface area contributed by atoms with Gasteiger partial charge in [0, 0.05) is 43.6 Å². The number of aryl methyl sites for hydroxylation is 10. The van der Waals surface area contributed by atoms with E-state index < -0.39 is 0 Å². The molecule has 10 aromatic carbocycles. The second kappa shape index (κ2) is 21.8. The van der Waals surface area contributed by atoms with Gasteiger partial charge in [0.15, 0.2) is 0 Å². The van der Waals surface area contributed by atoms with E-state index in [0.29, 0.717) is 0 Å². The molecule has 14 aromatic rings. The third kappa shape index (κ3) is 9.50. The number of aromatic nitrogens is 4. The molecule has 0 aliphatic carbocycles. The molecule has 0 bridgehead atoms. The molecule has 0 unspecified atom stereocenters. The second-order valence-electron chi connectivity index (χ2n) is 22.7. The molecule has 83 heavy (non-hydrogen) atoms. The van der Waals surface area contributed by atoms with E-state index in [1.807, 2.05) is 39.6 Å². The maximum atomic E-state index is 6.10. The molecule has 0 N–H and O–H groups in total. The van der Waals surface area contributed by atoms with Crippen LogP contribution in [0.4, 0.5) is 0 Å². The summed E-state index contributed by atoms with van der Waals surface area (Å²) in [6, 6.07) is 71.0. The van der Waals surface area contributed by atoms with Gasteiger partial charge in [0.2, 0.25) is 0 Å². The largest absolute Gasteiger partial charge is 0.495 e. The van der Waals surface area contributed by atoms with Gasteiger partial charge in [-0.25, -0.2) is 0 Å². The van der Waals surface area contributed by atoms with E-state index in [0.717, 1.165) is 50.1 Å². The van der Waals surface area contributed by atoms with Crippen molar-refractivity contribution in [2.45, 2.75) is 69.2 Å². The van der Waals surface area contributed by atoms with Gasteiger partial charge in [-0.3, -0.25) is 9.03 Å². The average molecular weight is 1250 g/mol. The molecule has 0 amide bonds. The molecule has 0 atom stereocenters. The van der Waals surface area contributed by atoms with E-state index >= 15 is 0 Å². The van der Waals surface area contributed by atoms with Gasteiger partial charge in [0.1, 0.15) is 5.75 Å². The number of hydrogen-bond donors (Lipinski definition) is 0. The second-order valence-corrected chi connectivity index (χ2v) is 22.7. The van der Waals surface area contributed by atoms with Crippen LogP contribution in [0.15, 0.2) is 188 Å². The molecule has 14 rings (SSSR count). The van der Waals surface area contributed by atoms with Crippen molar-refractivity contribution < 1.29 is 24.8 Å². The predicted octanol–water partition coefficient (Wildman–Crippen LogP) is 20.0. The number of pyridine rings is 2. The molecule has 4 heterocycles. The summed E-state index contributed by atoms with van der Waals surface area (Å²) in [6.45, 7) is 21.9. The van der Waals surface area contributed by atoms with Crippen molar-refractivity contribution in [2.75, 3.05) is 7.11 Å². The Morgan fingerprint density at radius 2 is 0.783 bits per heavy atom. The Morgan fingerprint density at radius 3 is 1.24 bits per heavy atom.